The molecule has 216 valence electrons. The molecule has 2 aliphatic rings. The molecule has 0 fully saturated rings. The number of amides is 3. The van der Waals surface area contributed by atoms with E-state index in [-0.39, 0.29) is 18.9 Å². The molecule has 1 unspecified atom stereocenters. The van der Waals surface area contributed by atoms with E-state index in [4.69, 9.17) is 21.1 Å². The molecule has 0 saturated carbocycles. The summed E-state index contributed by atoms with van der Waals surface area (Å²) in [6.45, 7) is -0.524. The van der Waals surface area contributed by atoms with Crippen LogP contribution in [0.2, 0.25) is 5.02 Å². The number of hydrogen-bond acceptors (Lipinski definition) is 6. The van der Waals surface area contributed by atoms with Crippen molar-refractivity contribution in [1.29, 1.82) is 0 Å². The van der Waals surface area contributed by atoms with Gasteiger partial charge >= 0.3 is 0 Å². The number of benzene rings is 4. The molecule has 6 rings (SSSR count). The van der Waals surface area contributed by atoms with Crippen LogP contribution in [0.15, 0.2) is 91.0 Å². The van der Waals surface area contributed by atoms with E-state index >= 15 is 0 Å². The highest BCUT2D eigenvalue weighted by Crippen LogP contribution is 2.35. The molecule has 2 heterocycles. The Morgan fingerprint density at radius 1 is 0.930 bits per heavy atom. The summed E-state index contributed by atoms with van der Waals surface area (Å²) >= 11 is 6.08. The van der Waals surface area contributed by atoms with E-state index in [2.05, 4.69) is 5.32 Å². The first-order valence-electron chi connectivity index (χ1n) is 13.2. The number of rotatable bonds is 8. The van der Waals surface area contributed by atoms with Gasteiger partial charge in [0.15, 0.2) is 11.5 Å². The van der Waals surface area contributed by atoms with Crippen LogP contribution in [0.1, 0.15) is 27.5 Å². The Balaban J connectivity index is 1.38. The van der Waals surface area contributed by atoms with Crippen molar-refractivity contribution >= 4 is 46.5 Å². The van der Waals surface area contributed by atoms with Gasteiger partial charge in [-0.1, -0.05) is 48.0 Å². The predicted molar refractivity (Wildman–Crippen MR) is 155 cm³/mol. The summed E-state index contributed by atoms with van der Waals surface area (Å²) in [7, 11) is 0. The van der Waals surface area contributed by atoms with Gasteiger partial charge in [-0.25, -0.2) is 4.39 Å². The Bertz CT molecular complexity index is 1750. The number of ketones is 1. The van der Waals surface area contributed by atoms with E-state index in [1.807, 2.05) is 0 Å². The van der Waals surface area contributed by atoms with Crippen LogP contribution in [0.5, 0.6) is 11.5 Å². The second-order valence-electron chi connectivity index (χ2n) is 9.90. The van der Waals surface area contributed by atoms with Crippen LogP contribution in [0.3, 0.4) is 0 Å². The van der Waals surface area contributed by atoms with E-state index in [0.717, 1.165) is 4.90 Å². The van der Waals surface area contributed by atoms with Gasteiger partial charge in [0.2, 0.25) is 12.7 Å². The summed E-state index contributed by atoms with van der Waals surface area (Å²) in [5.74, 6) is -2.33. The van der Waals surface area contributed by atoms with Crippen molar-refractivity contribution in [2.24, 2.45) is 0 Å². The van der Waals surface area contributed by atoms with Crippen molar-refractivity contribution in [3.05, 3.63) is 119 Å². The normalized spacial score (nSPS) is 14.0. The molecule has 11 heteroatoms. The summed E-state index contributed by atoms with van der Waals surface area (Å²) in [6, 6.07) is 21.9. The number of para-hydroxylation sites is 1. The molecule has 1 atom stereocenters. The van der Waals surface area contributed by atoms with Gasteiger partial charge in [-0.15, -0.1) is 0 Å². The van der Waals surface area contributed by atoms with Gasteiger partial charge in [0, 0.05) is 23.3 Å². The lowest BCUT2D eigenvalue weighted by molar-refractivity contribution is -0.139. The maximum atomic E-state index is 14.1. The van der Waals surface area contributed by atoms with Crippen molar-refractivity contribution in [3.63, 3.8) is 0 Å². The van der Waals surface area contributed by atoms with Gasteiger partial charge in [-0.2, -0.15) is 0 Å². The Morgan fingerprint density at radius 2 is 1.65 bits per heavy atom. The highest BCUT2D eigenvalue weighted by atomic mass is 35.5. The summed E-state index contributed by atoms with van der Waals surface area (Å²) in [4.78, 5) is 56.1. The zero-order valence-corrected chi connectivity index (χ0v) is 23.2. The maximum absolute atomic E-state index is 14.1. The SMILES string of the molecule is O=C1C(=O)N(CC(=O)N(Cc2ccc(Cl)cc2)C(C(=O)Nc2ccc3c(c2)OCO3)c2ccc(F)cc2)c2ccccc21. The van der Waals surface area contributed by atoms with Crippen LogP contribution < -0.4 is 19.7 Å². The lowest BCUT2D eigenvalue weighted by Gasteiger charge is -2.33. The Labute approximate surface area is 250 Å². The van der Waals surface area contributed by atoms with Crippen molar-refractivity contribution in [2.75, 3.05) is 23.6 Å². The van der Waals surface area contributed by atoms with Crippen LogP contribution in [0.4, 0.5) is 15.8 Å². The fraction of sp³-hybridized carbons (Fsp3) is 0.125. The number of halogens is 2. The van der Waals surface area contributed by atoms with Gasteiger partial charge in [0.05, 0.1) is 11.3 Å². The fourth-order valence-corrected chi connectivity index (χ4v) is 5.17. The number of ether oxygens (including phenoxy) is 2. The third-order valence-corrected chi connectivity index (χ3v) is 7.40. The molecule has 0 saturated heterocycles. The standard InChI is InChI=1S/C32H23ClFN3O6/c33-21-9-5-19(6-10-21)16-37(28(38)17-36-25-4-2-1-3-24(25)30(39)32(36)41)29(20-7-11-22(34)12-8-20)31(40)35-23-13-14-26-27(15-23)43-18-42-26/h1-15,29H,16-18H2,(H,35,40). The lowest BCUT2D eigenvalue weighted by atomic mass is 10.0. The average molecular weight is 600 g/mol. The third kappa shape index (κ3) is 5.64. The van der Waals surface area contributed by atoms with Crippen LogP contribution in [-0.2, 0) is 20.9 Å². The van der Waals surface area contributed by atoms with Gasteiger partial charge in [0.1, 0.15) is 18.4 Å². The summed E-state index contributed by atoms with van der Waals surface area (Å²) in [5, 5.41) is 3.30. The van der Waals surface area contributed by atoms with E-state index in [1.54, 1.807) is 60.7 Å². The van der Waals surface area contributed by atoms with E-state index < -0.39 is 41.9 Å². The Kier molecular flexibility index (Phi) is 7.52. The number of nitrogens with zero attached hydrogens (tertiary/aromatic N) is 2. The van der Waals surface area contributed by atoms with Gasteiger partial charge in [0.25, 0.3) is 17.6 Å². The van der Waals surface area contributed by atoms with Gasteiger partial charge in [-0.3, -0.25) is 24.1 Å². The van der Waals surface area contributed by atoms with Crippen molar-refractivity contribution in [2.45, 2.75) is 12.6 Å². The number of hydrogen-bond donors (Lipinski definition) is 1. The molecule has 0 radical (unpaired) electrons. The smallest absolute Gasteiger partial charge is 0.299 e. The summed E-state index contributed by atoms with van der Waals surface area (Å²) < 4.78 is 24.7. The molecule has 0 aromatic heterocycles. The van der Waals surface area contributed by atoms with Gasteiger partial charge in [-0.05, 0) is 59.7 Å². The first kappa shape index (κ1) is 27.9. The van der Waals surface area contributed by atoms with Crippen molar-refractivity contribution in [3.8, 4) is 11.5 Å². The minimum atomic E-state index is -1.27. The zero-order chi connectivity index (χ0) is 30.1. The van der Waals surface area contributed by atoms with E-state index in [1.165, 1.54) is 35.2 Å². The third-order valence-electron chi connectivity index (χ3n) is 7.14. The topological polar surface area (TPSA) is 105 Å². The molecular weight excluding hydrogens is 577 g/mol. The molecule has 9 nitrogen and oxygen atoms in total. The van der Waals surface area contributed by atoms with E-state index in [9.17, 15) is 23.6 Å². The van der Waals surface area contributed by atoms with Crippen LogP contribution in [0, 0.1) is 5.82 Å². The average Bonchev–Trinajstić information content (AvgIpc) is 3.57. The molecule has 4 aromatic rings. The first-order chi connectivity index (χ1) is 20.8. The quantitative estimate of drug-likeness (QED) is 0.281. The number of anilines is 2. The summed E-state index contributed by atoms with van der Waals surface area (Å²) in [5.41, 5.74) is 1.85. The van der Waals surface area contributed by atoms with Crippen molar-refractivity contribution in [1.82, 2.24) is 4.90 Å². The largest absolute Gasteiger partial charge is 0.454 e. The van der Waals surface area contributed by atoms with E-state index in [0.29, 0.717) is 39.0 Å². The highest BCUT2D eigenvalue weighted by molar-refractivity contribution is 6.52. The molecule has 4 aromatic carbocycles. The predicted octanol–water partition coefficient (Wildman–Crippen LogP) is 5.15. The van der Waals surface area contributed by atoms with Crippen LogP contribution in [0.25, 0.3) is 0 Å². The maximum Gasteiger partial charge on any atom is 0.299 e. The molecular formula is C32H23ClFN3O6. The molecule has 1 N–H and O–H groups in total. The molecule has 2 aliphatic heterocycles. The minimum absolute atomic E-state index is 0.0508. The minimum Gasteiger partial charge on any atom is -0.454 e. The lowest BCUT2D eigenvalue weighted by Crippen LogP contribution is -2.46. The Morgan fingerprint density at radius 3 is 2.42 bits per heavy atom. The molecule has 0 bridgehead atoms. The fourth-order valence-electron chi connectivity index (χ4n) is 5.04. The second kappa shape index (κ2) is 11.6. The zero-order valence-electron chi connectivity index (χ0n) is 22.5. The highest BCUT2D eigenvalue weighted by Gasteiger charge is 2.39. The number of nitrogens with one attached hydrogen (secondary N) is 1. The molecule has 3 amide bonds. The first-order valence-corrected chi connectivity index (χ1v) is 13.6. The second-order valence-corrected chi connectivity index (χ2v) is 10.3. The summed E-state index contributed by atoms with van der Waals surface area (Å²) in [6.07, 6.45) is 0. The van der Waals surface area contributed by atoms with Crippen LogP contribution in [-0.4, -0.2) is 41.7 Å². The number of Topliss-reactive ketones (excluding diaryl/α,β-unsaturated/α-hetero) is 1. The van der Waals surface area contributed by atoms with Crippen molar-refractivity contribution < 1.29 is 33.0 Å². The van der Waals surface area contributed by atoms with Gasteiger partial charge < -0.3 is 19.7 Å². The molecule has 43 heavy (non-hydrogen) atoms. The number of carbonyl (C=O) groups is 4. The number of carbonyl (C=O) groups excluding carboxylic acids is 4. The monoisotopic (exact) mass is 599 g/mol. The number of fused-ring (bicyclic) bond motifs is 2. The molecule has 0 aliphatic carbocycles. The molecule has 0 spiro atoms. The van der Waals surface area contributed by atoms with Crippen LogP contribution >= 0.6 is 11.6 Å². The Hall–Kier alpha value is -5.22.